The van der Waals surface area contributed by atoms with Gasteiger partial charge in [-0.1, -0.05) is 23.8 Å². The lowest BCUT2D eigenvalue weighted by Gasteiger charge is -2.02. The van der Waals surface area contributed by atoms with Crippen LogP contribution in [0.5, 0.6) is 0 Å². The summed E-state index contributed by atoms with van der Waals surface area (Å²) in [6.45, 7) is 1.88. The van der Waals surface area contributed by atoms with Gasteiger partial charge in [0.25, 0.3) is 0 Å². The third kappa shape index (κ3) is 3.01. The Morgan fingerprint density at radius 1 is 1.29 bits per heavy atom. The predicted octanol–water partition coefficient (Wildman–Crippen LogP) is 0.708. The van der Waals surface area contributed by atoms with Gasteiger partial charge >= 0.3 is 0 Å². The van der Waals surface area contributed by atoms with Crippen LogP contribution in [-0.2, 0) is 4.79 Å². The van der Waals surface area contributed by atoms with Crippen LogP contribution in [0.15, 0.2) is 24.3 Å². The van der Waals surface area contributed by atoms with Crippen molar-refractivity contribution in [3.63, 3.8) is 0 Å². The van der Waals surface area contributed by atoms with Crippen molar-refractivity contribution >= 4 is 11.8 Å². The first-order valence-corrected chi connectivity index (χ1v) is 4.39. The quantitative estimate of drug-likeness (QED) is 0.658. The van der Waals surface area contributed by atoms with Crippen molar-refractivity contribution < 1.29 is 14.7 Å². The molecular formula is C11H11O3-. The maximum atomic E-state index is 11.4. The van der Waals surface area contributed by atoms with Gasteiger partial charge in [-0.2, -0.15) is 0 Å². The SMILES string of the molecule is Cc1cccc(C(=O)CCC(=O)[O-])c1. The fourth-order valence-electron chi connectivity index (χ4n) is 1.18. The number of aliphatic carboxylic acids is 1. The molecule has 1 aromatic rings. The topological polar surface area (TPSA) is 57.2 Å². The number of carboxylic acids is 1. The minimum atomic E-state index is -1.19. The Balaban J connectivity index is 2.65. The fourth-order valence-corrected chi connectivity index (χ4v) is 1.18. The van der Waals surface area contributed by atoms with Crippen molar-refractivity contribution in [3.8, 4) is 0 Å². The monoisotopic (exact) mass is 191 g/mol. The molecule has 0 radical (unpaired) electrons. The molecule has 74 valence electrons. The van der Waals surface area contributed by atoms with E-state index < -0.39 is 5.97 Å². The molecule has 0 spiro atoms. The van der Waals surface area contributed by atoms with E-state index in [4.69, 9.17) is 0 Å². The number of carbonyl (C=O) groups is 2. The second kappa shape index (κ2) is 4.56. The van der Waals surface area contributed by atoms with Gasteiger partial charge in [-0.15, -0.1) is 0 Å². The van der Waals surface area contributed by atoms with Crippen molar-refractivity contribution in [2.75, 3.05) is 0 Å². The van der Waals surface area contributed by atoms with Gasteiger partial charge in [-0.25, -0.2) is 0 Å². The molecule has 0 unspecified atom stereocenters. The lowest BCUT2D eigenvalue weighted by Crippen LogP contribution is -2.22. The Bertz CT molecular complexity index is 355. The van der Waals surface area contributed by atoms with Crippen LogP contribution < -0.4 is 5.11 Å². The van der Waals surface area contributed by atoms with Crippen molar-refractivity contribution in [1.29, 1.82) is 0 Å². The highest BCUT2D eigenvalue weighted by atomic mass is 16.4. The zero-order valence-corrected chi connectivity index (χ0v) is 7.95. The van der Waals surface area contributed by atoms with Crippen molar-refractivity contribution in [3.05, 3.63) is 35.4 Å². The summed E-state index contributed by atoms with van der Waals surface area (Å²) in [5.41, 5.74) is 1.55. The summed E-state index contributed by atoms with van der Waals surface area (Å²) in [7, 11) is 0. The molecule has 3 heteroatoms. The zero-order chi connectivity index (χ0) is 10.6. The summed E-state index contributed by atoms with van der Waals surface area (Å²) in [6.07, 6.45) is -0.210. The molecule has 3 nitrogen and oxygen atoms in total. The van der Waals surface area contributed by atoms with E-state index in [9.17, 15) is 14.7 Å². The molecule has 0 saturated heterocycles. The van der Waals surface area contributed by atoms with Crippen LogP contribution in [-0.4, -0.2) is 11.8 Å². The third-order valence-corrected chi connectivity index (χ3v) is 1.90. The van der Waals surface area contributed by atoms with Gasteiger partial charge in [0.2, 0.25) is 0 Å². The molecule has 0 aliphatic heterocycles. The normalized spacial score (nSPS) is 9.79. The Morgan fingerprint density at radius 2 is 2.00 bits per heavy atom. The van der Waals surface area contributed by atoms with Gasteiger partial charge in [0, 0.05) is 18.0 Å². The van der Waals surface area contributed by atoms with Crippen LogP contribution >= 0.6 is 0 Å². The Hall–Kier alpha value is -1.64. The predicted molar refractivity (Wildman–Crippen MR) is 49.8 cm³/mol. The van der Waals surface area contributed by atoms with Crippen molar-refractivity contribution in [2.24, 2.45) is 0 Å². The van der Waals surface area contributed by atoms with E-state index in [-0.39, 0.29) is 18.6 Å². The summed E-state index contributed by atoms with van der Waals surface area (Å²) in [5.74, 6) is -1.34. The molecule has 0 amide bonds. The number of carboxylic acid groups (broad SMARTS) is 1. The van der Waals surface area contributed by atoms with E-state index >= 15 is 0 Å². The molecule has 0 N–H and O–H groups in total. The molecule has 0 aliphatic rings. The molecule has 1 aromatic carbocycles. The first kappa shape index (κ1) is 10.4. The van der Waals surface area contributed by atoms with Crippen molar-refractivity contribution in [1.82, 2.24) is 0 Å². The average molecular weight is 191 g/mol. The summed E-state index contributed by atoms with van der Waals surface area (Å²) in [6, 6.07) is 7.10. The van der Waals surface area contributed by atoms with Crippen LogP contribution in [0.1, 0.15) is 28.8 Å². The molecular weight excluding hydrogens is 180 g/mol. The van der Waals surface area contributed by atoms with Gasteiger partial charge in [-0.3, -0.25) is 4.79 Å². The molecule has 1 rings (SSSR count). The zero-order valence-electron chi connectivity index (χ0n) is 7.95. The van der Waals surface area contributed by atoms with Crippen LogP contribution in [0, 0.1) is 6.92 Å². The van der Waals surface area contributed by atoms with E-state index in [1.165, 1.54) is 0 Å². The highest BCUT2D eigenvalue weighted by Crippen LogP contribution is 2.07. The number of carbonyl (C=O) groups excluding carboxylic acids is 2. The lowest BCUT2D eigenvalue weighted by molar-refractivity contribution is -0.305. The summed E-state index contributed by atoms with van der Waals surface area (Å²) >= 11 is 0. The van der Waals surface area contributed by atoms with Crippen LogP contribution in [0.2, 0.25) is 0 Å². The minimum absolute atomic E-state index is 0.00574. The van der Waals surface area contributed by atoms with E-state index in [1.54, 1.807) is 18.2 Å². The highest BCUT2D eigenvalue weighted by Gasteiger charge is 2.04. The summed E-state index contributed by atoms with van der Waals surface area (Å²) < 4.78 is 0. The first-order valence-electron chi connectivity index (χ1n) is 4.39. The molecule has 14 heavy (non-hydrogen) atoms. The molecule has 0 saturated carbocycles. The number of ketones is 1. The van der Waals surface area contributed by atoms with Gasteiger partial charge in [-0.05, 0) is 19.4 Å². The van der Waals surface area contributed by atoms with E-state index in [0.29, 0.717) is 5.56 Å². The number of Topliss-reactive ketones (excluding diaryl/α,β-unsaturated/α-hetero) is 1. The second-order valence-corrected chi connectivity index (χ2v) is 3.16. The van der Waals surface area contributed by atoms with Crippen LogP contribution in [0.4, 0.5) is 0 Å². The van der Waals surface area contributed by atoms with Crippen molar-refractivity contribution in [2.45, 2.75) is 19.8 Å². The smallest absolute Gasteiger partial charge is 0.163 e. The molecule has 0 fully saturated rings. The minimum Gasteiger partial charge on any atom is -0.550 e. The first-order chi connectivity index (χ1) is 6.59. The van der Waals surface area contributed by atoms with Crippen LogP contribution in [0.25, 0.3) is 0 Å². The van der Waals surface area contributed by atoms with E-state index in [2.05, 4.69) is 0 Å². The Kier molecular flexibility index (Phi) is 3.40. The molecule has 0 atom stereocenters. The van der Waals surface area contributed by atoms with Gasteiger partial charge in [0.05, 0.1) is 0 Å². The maximum Gasteiger partial charge on any atom is 0.163 e. The maximum absolute atomic E-state index is 11.4. The third-order valence-electron chi connectivity index (χ3n) is 1.90. The average Bonchev–Trinajstić information content (AvgIpc) is 2.14. The molecule has 0 heterocycles. The number of benzene rings is 1. The van der Waals surface area contributed by atoms with Crippen LogP contribution in [0.3, 0.4) is 0 Å². The van der Waals surface area contributed by atoms with Gasteiger partial charge in [0.15, 0.2) is 5.78 Å². The molecule has 0 bridgehead atoms. The number of aryl methyl sites for hydroxylation is 1. The number of hydrogen-bond donors (Lipinski definition) is 0. The summed E-state index contributed by atoms with van der Waals surface area (Å²) in [4.78, 5) is 21.5. The molecule has 0 aromatic heterocycles. The molecule has 0 aliphatic carbocycles. The summed E-state index contributed by atoms with van der Waals surface area (Å²) in [5, 5.41) is 10.1. The van der Waals surface area contributed by atoms with Gasteiger partial charge in [0.1, 0.15) is 0 Å². The number of hydrogen-bond acceptors (Lipinski definition) is 3. The number of rotatable bonds is 4. The van der Waals surface area contributed by atoms with Gasteiger partial charge < -0.3 is 9.90 Å². The standard InChI is InChI=1S/C11H12O3/c1-8-3-2-4-9(7-8)10(12)5-6-11(13)14/h2-4,7H,5-6H2,1H3,(H,13,14)/p-1. The van der Waals surface area contributed by atoms with E-state index in [0.717, 1.165) is 5.56 Å². The lowest BCUT2D eigenvalue weighted by atomic mass is 10.0. The fraction of sp³-hybridized carbons (Fsp3) is 0.273. The largest absolute Gasteiger partial charge is 0.550 e. The Labute approximate surface area is 82.4 Å². The second-order valence-electron chi connectivity index (χ2n) is 3.16. The highest BCUT2D eigenvalue weighted by molar-refractivity contribution is 5.97. The van der Waals surface area contributed by atoms with E-state index in [1.807, 2.05) is 13.0 Å². The Morgan fingerprint density at radius 3 is 2.57 bits per heavy atom.